The number of nitrogens with two attached hydrogens (primary N) is 2. The van der Waals surface area contributed by atoms with Crippen molar-refractivity contribution in [2.45, 2.75) is 77.5 Å². The number of aliphatic hydroxyl groups is 1. The van der Waals surface area contributed by atoms with Crippen LogP contribution in [0.1, 0.15) is 53.4 Å². The second kappa shape index (κ2) is 14.4. The molecule has 0 aromatic heterocycles. The number of amides is 4. The predicted molar refractivity (Wildman–Crippen MR) is 116 cm³/mol. The van der Waals surface area contributed by atoms with Crippen LogP contribution in [0.5, 0.6) is 0 Å². The van der Waals surface area contributed by atoms with Crippen molar-refractivity contribution >= 4 is 29.6 Å². The number of hydrogen-bond acceptors (Lipinski definition) is 7. The van der Waals surface area contributed by atoms with E-state index in [-0.39, 0.29) is 31.1 Å². The quantitative estimate of drug-likeness (QED) is 0.148. The molecule has 0 aromatic rings. The van der Waals surface area contributed by atoms with Crippen molar-refractivity contribution in [2.75, 3.05) is 6.61 Å². The van der Waals surface area contributed by atoms with Gasteiger partial charge in [-0.2, -0.15) is 0 Å². The van der Waals surface area contributed by atoms with Crippen LogP contribution >= 0.6 is 0 Å². The van der Waals surface area contributed by atoms with Gasteiger partial charge in [0.2, 0.25) is 23.6 Å². The fourth-order valence-corrected chi connectivity index (χ4v) is 2.88. The van der Waals surface area contributed by atoms with Gasteiger partial charge in [0, 0.05) is 6.42 Å². The van der Waals surface area contributed by atoms with Gasteiger partial charge in [0.1, 0.15) is 18.1 Å². The van der Waals surface area contributed by atoms with Gasteiger partial charge >= 0.3 is 5.97 Å². The van der Waals surface area contributed by atoms with Crippen molar-refractivity contribution < 1.29 is 34.2 Å². The number of rotatable bonds is 15. The third-order valence-corrected chi connectivity index (χ3v) is 4.51. The van der Waals surface area contributed by atoms with E-state index in [0.717, 1.165) is 0 Å². The van der Waals surface area contributed by atoms with Crippen LogP contribution in [0.3, 0.4) is 0 Å². The lowest BCUT2D eigenvalue weighted by Crippen LogP contribution is -2.58. The van der Waals surface area contributed by atoms with E-state index in [1.807, 2.05) is 13.8 Å². The molecule has 12 heteroatoms. The van der Waals surface area contributed by atoms with Crippen LogP contribution in [-0.2, 0) is 24.0 Å². The van der Waals surface area contributed by atoms with Crippen molar-refractivity contribution in [1.29, 1.82) is 0 Å². The first kappa shape index (κ1) is 29.3. The SMILES string of the molecule is CC(C)CC(N)C(=O)NC(CO)C(=O)NC(CCC(N)=O)C(=O)NC(CC(C)C)C(=O)O. The first-order valence-corrected chi connectivity index (χ1v) is 10.6. The number of carboxylic acids is 1. The lowest BCUT2D eigenvalue weighted by molar-refractivity contribution is -0.143. The van der Waals surface area contributed by atoms with Crippen molar-refractivity contribution in [2.24, 2.45) is 23.3 Å². The molecular formula is C20H37N5O7. The first-order valence-electron chi connectivity index (χ1n) is 10.6. The topological polar surface area (TPSA) is 214 Å². The fraction of sp³-hybridized carbons (Fsp3) is 0.750. The second-order valence-electron chi connectivity index (χ2n) is 8.57. The minimum atomic E-state index is -1.39. The van der Waals surface area contributed by atoms with Gasteiger partial charge in [0.15, 0.2) is 0 Å². The van der Waals surface area contributed by atoms with Gasteiger partial charge in [-0.3, -0.25) is 19.2 Å². The summed E-state index contributed by atoms with van der Waals surface area (Å²) >= 11 is 0. The molecule has 0 aliphatic carbocycles. The molecule has 4 atom stereocenters. The van der Waals surface area contributed by atoms with E-state index in [0.29, 0.717) is 6.42 Å². The Morgan fingerprint density at radius 1 is 0.781 bits per heavy atom. The van der Waals surface area contributed by atoms with Crippen LogP contribution in [0, 0.1) is 11.8 Å². The van der Waals surface area contributed by atoms with Gasteiger partial charge in [-0.05, 0) is 31.1 Å². The zero-order valence-electron chi connectivity index (χ0n) is 19.1. The highest BCUT2D eigenvalue weighted by Crippen LogP contribution is 2.07. The molecule has 0 radical (unpaired) electrons. The number of aliphatic hydroxyl groups excluding tert-OH is 1. The van der Waals surface area contributed by atoms with E-state index in [2.05, 4.69) is 16.0 Å². The van der Waals surface area contributed by atoms with Gasteiger partial charge in [-0.15, -0.1) is 0 Å². The Labute approximate surface area is 187 Å². The Morgan fingerprint density at radius 3 is 1.69 bits per heavy atom. The summed E-state index contributed by atoms with van der Waals surface area (Å²) in [6.45, 7) is 6.55. The number of hydrogen-bond donors (Lipinski definition) is 7. The van der Waals surface area contributed by atoms with Gasteiger partial charge < -0.3 is 37.6 Å². The summed E-state index contributed by atoms with van der Waals surface area (Å²) in [4.78, 5) is 60.0. The maximum Gasteiger partial charge on any atom is 0.326 e. The van der Waals surface area contributed by atoms with E-state index in [4.69, 9.17) is 11.5 Å². The molecule has 0 aromatic carbocycles. The maximum atomic E-state index is 12.6. The zero-order valence-corrected chi connectivity index (χ0v) is 19.1. The van der Waals surface area contributed by atoms with Gasteiger partial charge in [-0.25, -0.2) is 4.79 Å². The molecule has 0 aliphatic rings. The Hall–Kier alpha value is -2.73. The number of carboxylic acid groups (broad SMARTS) is 1. The van der Waals surface area contributed by atoms with Gasteiger partial charge in [0.05, 0.1) is 12.6 Å². The Kier molecular flexibility index (Phi) is 13.1. The van der Waals surface area contributed by atoms with E-state index < -0.39 is 60.4 Å². The largest absolute Gasteiger partial charge is 0.480 e. The zero-order chi connectivity index (χ0) is 25.0. The number of carbonyl (C=O) groups is 5. The fourth-order valence-electron chi connectivity index (χ4n) is 2.88. The molecule has 0 saturated carbocycles. The predicted octanol–water partition coefficient (Wildman–Crippen LogP) is -1.80. The number of nitrogens with one attached hydrogen (secondary N) is 3. The maximum absolute atomic E-state index is 12.6. The monoisotopic (exact) mass is 459 g/mol. The summed E-state index contributed by atoms with van der Waals surface area (Å²) in [5.41, 5.74) is 10.9. The first-order chi connectivity index (χ1) is 14.8. The minimum Gasteiger partial charge on any atom is -0.480 e. The third kappa shape index (κ3) is 11.6. The van der Waals surface area contributed by atoms with Crippen LogP contribution in [0.15, 0.2) is 0 Å². The molecule has 9 N–H and O–H groups in total. The summed E-state index contributed by atoms with van der Waals surface area (Å²) in [5, 5.41) is 25.9. The Balaban J connectivity index is 5.33. The normalized spacial score (nSPS) is 14.9. The highest BCUT2D eigenvalue weighted by Gasteiger charge is 2.30. The van der Waals surface area contributed by atoms with Gasteiger partial charge in [-0.1, -0.05) is 27.7 Å². The third-order valence-electron chi connectivity index (χ3n) is 4.51. The minimum absolute atomic E-state index is 0.0286. The highest BCUT2D eigenvalue weighted by molar-refractivity contribution is 5.94. The molecule has 32 heavy (non-hydrogen) atoms. The van der Waals surface area contributed by atoms with Crippen molar-refractivity contribution in [3.8, 4) is 0 Å². The van der Waals surface area contributed by atoms with Gasteiger partial charge in [0.25, 0.3) is 0 Å². The summed E-state index contributed by atoms with van der Waals surface area (Å²) in [6.07, 6.45) is 0.0673. The average molecular weight is 460 g/mol. The number of primary amides is 1. The number of carbonyl (C=O) groups excluding carboxylic acids is 4. The smallest absolute Gasteiger partial charge is 0.326 e. The lowest BCUT2D eigenvalue weighted by atomic mass is 10.0. The van der Waals surface area contributed by atoms with E-state index in [9.17, 15) is 34.2 Å². The molecule has 0 saturated heterocycles. The van der Waals surface area contributed by atoms with E-state index in [1.165, 1.54) is 0 Å². The Morgan fingerprint density at radius 2 is 1.25 bits per heavy atom. The molecule has 0 rings (SSSR count). The standard InChI is InChI=1S/C20H37N5O7/c1-10(2)7-12(21)17(28)25-15(9-26)19(30)23-13(5-6-16(22)27)18(29)24-14(20(31)32)8-11(3)4/h10-15,26H,5-9,21H2,1-4H3,(H2,22,27)(H,23,30)(H,24,29)(H,25,28)(H,31,32). The van der Waals surface area contributed by atoms with Crippen LogP contribution in [0.25, 0.3) is 0 Å². The molecule has 4 unspecified atom stereocenters. The van der Waals surface area contributed by atoms with E-state index in [1.54, 1.807) is 13.8 Å². The summed E-state index contributed by atoms with van der Waals surface area (Å²) < 4.78 is 0. The second-order valence-corrected chi connectivity index (χ2v) is 8.57. The molecule has 0 aliphatic heterocycles. The van der Waals surface area contributed by atoms with Crippen LogP contribution in [-0.4, -0.2) is 70.6 Å². The lowest BCUT2D eigenvalue weighted by Gasteiger charge is -2.25. The molecule has 12 nitrogen and oxygen atoms in total. The van der Waals surface area contributed by atoms with Crippen LogP contribution in [0.4, 0.5) is 0 Å². The molecule has 0 fully saturated rings. The van der Waals surface area contributed by atoms with Crippen molar-refractivity contribution in [3.63, 3.8) is 0 Å². The molecule has 0 heterocycles. The Bertz CT molecular complexity index is 669. The molecule has 184 valence electrons. The van der Waals surface area contributed by atoms with Crippen molar-refractivity contribution in [3.05, 3.63) is 0 Å². The molecular weight excluding hydrogens is 422 g/mol. The molecule has 0 bridgehead atoms. The van der Waals surface area contributed by atoms with Crippen LogP contribution in [0.2, 0.25) is 0 Å². The average Bonchev–Trinajstić information content (AvgIpc) is 2.66. The summed E-state index contributed by atoms with van der Waals surface area (Å²) in [7, 11) is 0. The summed E-state index contributed by atoms with van der Waals surface area (Å²) in [6, 6.07) is -4.79. The molecule has 4 amide bonds. The summed E-state index contributed by atoms with van der Waals surface area (Å²) in [5.74, 6) is -4.22. The highest BCUT2D eigenvalue weighted by atomic mass is 16.4. The molecule has 0 spiro atoms. The van der Waals surface area contributed by atoms with E-state index >= 15 is 0 Å². The van der Waals surface area contributed by atoms with Crippen LogP contribution < -0.4 is 27.4 Å². The number of aliphatic carboxylic acids is 1. The van der Waals surface area contributed by atoms with Crippen molar-refractivity contribution in [1.82, 2.24) is 16.0 Å².